The van der Waals surface area contributed by atoms with Gasteiger partial charge in [-0.25, -0.2) is 4.98 Å². The summed E-state index contributed by atoms with van der Waals surface area (Å²) in [5.41, 5.74) is -3.49. The van der Waals surface area contributed by atoms with Gasteiger partial charge in [-0.05, 0) is 29.7 Å². The molecule has 30 heavy (non-hydrogen) atoms. The molecule has 0 amide bonds. The Balaban J connectivity index is 2.06. The van der Waals surface area contributed by atoms with Gasteiger partial charge >= 0.3 is 12.1 Å². The molecule has 1 aromatic carbocycles. The summed E-state index contributed by atoms with van der Waals surface area (Å²) < 4.78 is 47.7. The minimum Gasteiger partial charge on any atom is -0.481 e. The number of carbonyl (C=O) groups is 1. The second-order valence-electron chi connectivity index (χ2n) is 7.64. The van der Waals surface area contributed by atoms with Crippen molar-refractivity contribution >= 4 is 29.2 Å². The first-order valence-electron chi connectivity index (χ1n) is 8.95. The molecule has 9 heteroatoms. The summed E-state index contributed by atoms with van der Waals surface area (Å²) in [7, 11) is 0. The summed E-state index contributed by atoms with van der Waals surface area (Å²) in [5, 5.41) is 9.80. The molecule has 0 radical (unpaired) electrons. The van der Waals surface area contributed by atoms with E-state index in [4.69, 9.17) is 27.9 Å². The molecule has 0 saturated heterocycles. The molecule has 160 valence electrons. The molecular weight excluding hydrogens is 442 g/mol. The topological polar surface area (TPSA) is 59.4 Å². The van der Waals surface area contributed by atoms with Gasteiger partial charge in [0.15, 0.2) is 0 Å². The average molecular weight is 460 g/mol. The highest BCUT2D eigenvalue weighted by Crippen LogP contribution is 2.76. The third-order valence-corrected chi connectivity index (χ3v) is 5.88. The lowest BCUT2D eigenvalue weighted by molar-refractivity contribution is -0.161. The van der Waals surface area contributed by atoms with Crippen LogP contribution in [0.1, 0.15) is 25.5 Å². The molecule has 0 spiro atoms. The Morgan fingerprint density at radius 1 is 1.17 bits per heavy atom. The standard InChI is InChI=1S/C21H18Cl2F3NO3/c1-19(2)17(20(19,18(28)29)11-14(22)23)16(21(24,25)26)13-9-6-10-15(27-13)30-12-7-4-3-5-8-12/h3-11,16-17H,1-2H3,(H,28,29)/t16?,17-,20+/m1/s1. The molecule has 2 aromatic rings. The number of ether oxygens (including phenoxy) is 1. The molecule has 0 aliphatic heterocycles. The highest BCUT2D eigenvalue weighted by molar-refractivity contribution is 6.56. The number of para-hydroxylation sites is 1. The molecule has 1 saturated carbocycles. The number of aromatic nitrogens is 1. The van der Waals surface area contributed by atoms with Gasteiger partial charge in [0, 0.05) is 12.0 Å². The Labute approximate surface area is 181 Å². The van der Waals surface area contributed by atoms with Crippen molar-refractivity contribution in [3.05, 3.63) is 64.8 Å². The van der Waals surface area contributed by atoms with Crippen LogP contribution in [0.15, 0.2) is 59.1 Å². The maximum absolute atomic E-state index is 14.2. The van der Waals surface area contributed by atoms with Crippen LogP contribution in [0.5, 0.6) is 11.6 Å². The van der Waals surface area contributed by atoms with Crippen molar-refractivity contribution in [2.45, 2.75) is 25.9 Å². The summed E-state index contributed by atoms with van der Waals surface area (Å²) >= 11 is 11.3. The molecule has 3 rings (SSSR count). The molecule has 4 nitrogen and oxygen atoms in total. The van der Waals surface area contributed by atoms with Crippen LogP contribution in [0.4, 0.5) is 13.2 Å². The molecule has 1 heterocycles. The lowest BCUT2D eigenvalue weighted by Gasteiger charge is -2.22. The minimum atomic E-state index is -4.76. The largest absolute Gasteiger partial charge is 0.481 e. The summed E-state index contributed by atoms with van der Waals surface area (Å²) in [4.78, 5) is 16.1. The highest BCUT2D eigenvalue weighted by atomic mass is 35.5. The van der Waals surface area contributed by atoms with Gasteiger partial charge < -0.3 is 9.84 Å². The van der Waals surface area contributed by atoms with Gasteiger partial charge in [0.1, 0.15) is 16.2 Å². The van der Waals surface area contributed by atoms with Gasteiger partial charge in [-0.3, -0.25) is 4.79 Å². The van der Waals surface area contributed by atoms with E-state index in [1.807, 2.05) is 0 Å². The van der Waals surface area contributed by atoms with Gasteiger partial charge in [0.2, 0.25) is 5.88 Å². The molecule has 1 fully saturated rings. The van der Waals surface area contributed by atoms with Crippen molar-refractivity contribution in [1.29, 1.82) is 0 Å². The van der Waals surface area contributed by atoms with Crippen LogP contribution in [0, 0.1) is 16.7 Å². The zero-order chi connectivity index (χ0) is 22.3. The van der Waals surface area contributed by atoms with Crippen LogP contribution >= 0.6 is 23.2 Å². The number of nitrogens with zero attached hydrogens (tertiary/aromatic N) is 1. The van der Waals surface area contributed by atoms with Crippen molar-refractivity contribution < 1.29 is 27.8 Å². The smallest absolute Gasteiger partial charge is 0.397 e. The molecule has 3 atom stereocenters. The third-order valence-electron chi connectivity index (χ3n) is 5.66. The maximum atomic E-state index is 14.2. The average Bonchev–Trinajstić information content (AvgIpc) is 3.10. The molecule has 0 bridgehead atoms. The number of hydrogen-bond acceptors (Lipinski definition) is 3. The van der Waals surface area contributed by atoms with Crippen molar-refractivity contribution in [3.63, 3.8) is 0 Å². The second kappa shape index (κ2) is 7.78. The summed E-state index contributed by atoms with van der Waals surface area (Å²) in [6.45, 7) is 2.89. The Morgan fingerprint density at radius 3 is 2.33 bits per heavy atom. The summed E-state index contributed by atoms with van der Waals surface area (Å²) in [6, 6.07) is 12.5. The predicted molar refractivity (Wildman–Crippen MR) is 107 cm³/mol. The van der Waals surface area contributed by atoms with Gasteiger partial charge in [-0.15, -0.1) is 0 Å². The molecule has 1 aliphatic carbocycles. The molecular formula is C21H18Cl2F3NO3. The van der Waals surface area contributed by atoms with E-state index in [2.05, 4.69) is 4.98 Å². The van der Waals surface area contributed by atoms with Gasteiger partial charge in [-0.1, -0.05) is 61.3 Å². The zero-order valence-corrected chi connectivity index (χ0v) is 17.5. The van der Waals surface area contributed by atoms with Crippen LogP contribution in [-0.2, 0) is 4.79 Å². The monoisotopic (exact) mass is 459 g/mol. The molecule has 1 aliphatic rings. The Bertz CT molecular complexity index is 975. The summed E-state index contributed by atoms with van der Waals surface area (Å²) in [5.74, 6) is -4.57. The van der Waals surface area contributed by atoms with Crippen molar-refractivity contribution in [2.75, 3.05) is 0 Å². The van der Waals surface area contributed by atoms with Crippen LogP contribution in [0.3, 0.4) is 0 Å². The fraction of sp³-hybridized carbons (Fsp3) is 0.333. The first-order chi connectivity index (χ1) is 13.9. The minimum absolute atomic E-state index is 0.0294. The fourth-order valence-electron chi connectivity index (χ4n) is 4.23. The van der Waals surface area contributed by atoms with E-state index in [0.29, 0.717) is 5.75 Å². The number of aliphatic carboxylic acids is 1. The van der Waals surface area contributed by atoms with E-state index in [-0.39, 0.29) is 11.6 Å². The second-order valence-corrected chi connectivity index (χ2v) is 8.65. The van der Waals surface area contributed by atoms with E-state index in [1.54, 1.807) is 30.3 Å². The number of hydrogen-bond donors (Lipinski definition) is 1. The third kappa shape index (κ3) is 3.88. The van der Waals surface area contributed by atoms with E-state index < -0.39 is 39.3 Å². The number of benzene rings is 1. The van der Waals surface area contributed by atoms with E-state index in [0.717, 1.165) is 6.08 Å². The number of pyridine rings is 1. The Kier molecular flexibility index (Phi) is 5.82. The van der Waals surface area contributed by atoms with Gasteiger partial charge in [0.05, 0.1) is 11.1 Å². The van der Waals surface area contributed by atoms with Gasteiger partial charge in [-0.2, -0.15) is 13.2 Å². The highest BCUT2D eigenvalue weighted by Gasteiger charge is 2.80. The maximum Gasteiger partial charge on any atom is 0.397 e. The van der Waals surface area contributed by atoms with Crippen LogP contribution in [0.25, 0.3) is 0 Å². The van der Waals surface area contributed by atoms with Crippen LogP contribution in [-0.4, -0.2) is 22.2 Å². The molecule has 1 aromatic heterocycles. The van der Waals surface area contributed by atoms with E-state index in [9.17, 15) is 23.1 Å². The normalized spacial score (nSPS) is 23.4. The van der Waals surface area contributed by atoms with E-state index >= 15 is 0 Å². The fourth-order valence-corrected chi connectivity index (χ4v) is 4.58. The van der Waals surface area contributed by atoms with Gasteiger partial charge in [0.25, 0.3) is 0 Å². The van der Waals surface area contributed by atoms with Crippen LogP contribution < -0.4 is 4.74 Å². The summed E-state index contributed by atoms with van der Waals surface area (Å²) in [6.07, 6.45) is -3.78. The quantitative estimate of drug-likeness (QED) is 0.530. The Hall–Kier alpha value is -2.25. The predicted octanol–water partition coefficient (Wildman–Crippen LogP) is 6.57. The number of rotatable bonds is 6. The van der Waals surface area contributed by atoms with Crippen molar-refractivity contribution in [1.82, 2.24) is 4.98 Å². The van der Waals surface area contributed by atoms with Crippen LogP contribution in [0.2, 0.25) is 0 Å². The SMILES string of the molecule is CC1(C)[C@@H](C(c2cccc(Oc3ccccc3)n2)C(F)(F)F)[C@@]1(C=C(Cl)Cl)C(=O)O. The lowest BCUT2D eigenvalue weighted by atomic mass is 9.91. The molecule has 1 unspecified atom stereocenters. The number of halogens is 5. The lowest BCUT2D eigenvalue weighted by Crippen LogP contribution is -2.28. The number of carboxylic acid groups (broad SMARTS) is 1. The first-order valence-corrected chi connectivity index (χ1v) is 9.70. The number of alkyl halides is 3. The van der Waals surface area contributed by atoms with E-state index in [1.165, 1.54) is 32.0 Å². The first kappa shape index (κ1) is 22.4. The van der Waals surface area contributed by atoms with Crippen molar-refractivity contribution in [3.8, 4) is 11.6 Å². The molecule has 1 N–H and O–H groups in total. The number of carboxylic acids is 1. The Morgan fingerprint density at radius 2 is 1.80 bits per heavy atom. The zero-order valence-electron chi connectivity index (χ0n) is 16.0. The van der Waals surface area contributed by atoms with Crippen molar-refractivity contribution in [2.24, 2.45) is 16.7 Å².